The normalized spacial score (nSPS) is 23.8. The Hall–Kier alpha value is -0.950. The van der Waals surface area contributed by atoms with E-state index in [9.17, 15) is 9.59 Å². The van der Waals surface area contributed by atoms with E-state index in [0.29, 0.717) is 25.5 Å². The molecule has 2 amide bonds. The first-order valence-electron chi connectivity index (χ1n) is 5.56. The summed E-state index contributed by atoms with van der Waals surface area (Å²) in [6, 6.07) is -1.07. The van der Waals surface area contributed by atoms with Crippen LogP contribution < -0.4 is 5.32 Å². The zero-order valence-electron chi connectivity index (χ0n) is 10.0. The van der Waals surface area contributed by atoms with Gasteiger partial charge in [0.25, 0.3) is 0 Å². The van der Waals surface area contributed by atoms with E-state index in [4.69, 9.17) is 9.84 Å². The second-order valence-corrected chi connectivity index (χ2v) is 4.97. The van der Waals surface area contributed by atoms with Crippen LogP contribution in [0.25, 0.3) is 0 Å². The van der Waals surface area contributed by atoms with Gasteiger partial charge in [0.05, 0.1) is 12.0 Å². The van der Waals surface area contributed by atoms with Crippen LogP contribution >= 0.6 is 11.8 Å². The first kappa shape index (κ1) is 14.1. The molecular weight excluding hydrogens is 244 g/mol. The highest BCUT2D eigenvalue weighted by Gasteiger charge is 2.39. The van der Waals surface area contributed by atoms with Gasteiger partial charge in [-0.2, -0.15) is 0 Å². The van der Waals surface area contributed by atoms with Crippen LogP contribution in [0.5, 0.6) is 0 Å². The number of ether oxygens (including phenoxy) is 1. The predicted octanol–water partition coefficient (Wildman–Crippen LogP) is 0.581. The maximum atomic E-state index is 11.8. The van der Waals surface area contributed by atoms with Crippen LogP contribution in [0.4, 0.5) is 4.79 Å². The predicted molar refractivity (Wildman–Crippen MR) is 65.1 cm³/mol. The number of carbonyl (C=O) groups excluding carboxylic acids is 1. The quantitative estimate of drug-likeness (QED) is 0.709. The minimum atomic E-state index is -0.957. The van der Waals surface area contributed by atoms with Gasteiger partial charge in [0, 0.05) is 18.9 Å². The van der Waals surface area contributed by atoms with Gasteiger partial charge in [0.1, 0.15) is 6.04 Å². The lowest BCUT2D eigenvalue weighted by molar-refractivity contribution is -0.141. The van der Waals surface area contributed by atoms with Gasteiger partial charge in [-0.3, -0.25) is 4.90 Å². The largest absolute Gasteiger partial charge is 0.480 e. The molecule has 1 aliphatic rings. The third-order valence-electron chi connectivity index (χ3n) is 2.47. The summed E-state index contributed by atoms with van der Waals surface area (Å²) >= 11 is 1.47. The molecule has 0 bridgehead atoms. The summed E-state index contributed by atoms with van der Waals surface area (Å²) in [7, 11) is 0. The Morgan fingerprint density at radius 3 is 2.88 bits per heavy atom. The molecule has 6 nitrogen and oxygen atoms in total. The van der Waals surface area contributed by atoms with Gasteiger partial charge in [-0.1, -0.05) is 0 Å². The molecule has 0 spiro atoms. The van der Waals surface area contributed by atoms with Crippen molar-refractivity contribution in [1.82, 2.24) is 10.2 Å². The number of thioether (sulfide) groups is 1. The number of carboxylic acid groups (broad SMARTS) is 1. The molecule has 17 heavy (non-hydrogen) atoms. The van der Waals surface area contributed by atoms with Crippen molar-refractivity contribution in [1.29, 1.82) is 0 Å². The van der Waals surface area contributed by atoms with Crippen LogP contribution in [-0.2, 0) is 9.53 Å². The van der Waals surface area contributed by atoms with Gasteiger partial charge in [-0.15, -0.1) is 11.8 Å². The number of rotatable bonds is 5. The minimum Gasteiger partial charge on any atom is -0.480 e. The molecular formula is C10H18N2O4S. The molecule has 2 unspecified atom stereocenters. The summed E-state index contributed by atoms with van der Waals surface area (Å²) in [6.07, 6.45) is 0. The van der Waals surface area contributed by atoms with E-state index in [1.807, 2.05) is 13.8 Å². The maximum Gasteiger partial charge on any atom is 0.327 e. The molecule has 2 atom stereocenters. The first-order valence-corrected chi connectivity index (χ1v) is 6.61. The highest BCUT2D eigenvalue weighted by Crippen LogP contribution is 2.28. The third-order valence-corrected chi connectivity index (χ3v) is 3.69. The molecule has 1 fully saturated rings. The summed E-state index contributed by atoms with van der Waals surface area (Å²) in [5.74, 6) is -0.517. The Balaban J connectivity index is 2.45. The maximum absolute atomic E-state index is 11.8. The van der Waals surface area contributed by atoms with Gasteiger partial charge < -0.3 is 15.2 Å². The van der Waals surface area contributed by atoms with Gasteiger partial charge >= 0.3 is 12.0 Å². The van der Waals surface area contributed by atoms with Crippen LogP contribution in [0, 0.1) is 0 Å². The van der Waals surface area contributed by atoms with Crippen LogP contribution in [0.15, 0.2) is 0 Å². The van der Waals surface area contributed by atoms with Crippen molar-refractivity contribution in [2.45, 2.75) is 25.3 Å². The molecule has 0 radical (unpaired) electrons. The molecule has 1 saturated heterocycles. The van der Waals surface area contributed by atoms with Crippen molar-refractivity contribution >= 4 is 23.8 Å². The molecule has 0 aromatic heterocycles. The second-order valence-electron chi connectivity index (χ2n) is 3.62. The van der Waals surface area contributed by atoms with Crippen LogP contribution in [-0.4, -0.2) is 58.9 Å². The standard InChI is InChI=1S/C10H18N2O4S/c1-3-16-5-4-11-10(15)12-7(2)17-6-8(12)9(13)14/h7-8H,3-6H2,1-2H3,(H,11,15)(H,13,14). The molecule has 0 aromatic carbocycles. The van der Waals surface area contributed by atoms with Gasteiger partial charge in [-0.05, 0) is 13.8 Å². The molecule has 1 heterocycles. The Labute approximate surface area is 105 Å². The Kier molecular flexibility index (Phi) is 5.57. The van der Waals surface area contributed by atoms with Crippen molar-refractivity contribution in [2.24, 2.45) is 0 Å². The van der Waals surface area contributed by atoms with Crippen LogP contribution in [0.3, 0.4) is 0 Å². The summed E-state index contributed by atoms with van der Waals surface area (Å²) in [5.41, 5.74) is 0. The summed E-state index contributed by atoms with van der Waals surface area (Å²) in [4.78, 5) is 24.2. The van der Waals surface area contributed by atoms with E-state index in [2.05, 4.69) is 5.32 Å². The Bertz CT molecular complexity index is 287. The smallest absolute Gasteiger partial charge is 0.327 e. The third kappa shape index (κ3) is 3.78. The van der Waals surface area contributed by atoms with Crippen molar-refractivity contribution < 1.29 is 19.4 Å². The van der Waals surface area contributed by atoms with E-state index < -0.39 is 12.0 Å². The first-order chi connectivity index (χ1) is 8.07. The molecule has 1 rings (SSSR count). The van der Waals surface area contributed by atoms with E-state index in [-0.39, 0.29) is 11.4 Å². The lowest BCUT2D eigenvalue weighted by atomic mass is 10.3. The zero-order valence-corrected chi connectivity index (χ0v) is 10.8. The summed E-state index contributed by atoms with van der Waals surface area (Å²) in [5, 5.41) is 11.6. The summed E-state index contributed by atoms with van der Waals surface area (Å²) < 4.78 is 5.09. The van der Waals surface area contributed by atoms with Crippen LogP contribution in [0.2, 0.25) is 0 Å². The lowest BCUT2D eigenvalue weighted by Crippen LogP contribution is -2.50. The molecule has 1 aliphatic heterocycles. The summed E-state index contributed by atoms with van der Waals surface area (Å²) in [6.45, 7) is 5.14. The second kappa shape index (κ2) is 6.70. The SMILES string of the molecule is CCOCCNC(=O)N1C(C)SCC1C(=O)O. The number of nitrogens with one attached hydrogen (secondary N) is 1. The molecule has 7 heteroatoms. The van der Waals surface area contributed by atoms with E-state index in [1.165, 1.54) is 16.7 Å². The number of carboxylic acids is 1. The number of aliphatic carboxylic acids is 1. The number of urea groups is 1. The number of amides is 2. The van der Waals surface area contributed by atoms with E-state index >= 15 is 0 Å². The van der Waals surface area contributed by atoms with E-state index in [1.54, 1.807) is 0 Å². The Morgan fingerprint density at radius 1 is 1.59 bits per heavy atom. The fourth-order valence-electron chi connectivity index (χ4n) is 1.61. The van der Waals surface area contributed by atoms with Crippen molar-refractivity contribution in [3.8, 4) is 0 Å². The fraction of sp³-hybridized carbons (Fsp3) is 0.800. The topological polar surface area (TPSA) is 78.9 Å². The average molecular weight is 262 g/mol. The molecule has 98 valence electrons. The molecule has 0 saturated carbocycles. The van der Waals surface area contributed by atoms with Crippen molar-refractivity contribution in [2.75, 3.05) is 25.5 Å². The average Bonchev–Trinajstić information content (AvgIpc) is 2.66. The Morgan fingerprint density at radius 2 is 2.29 bits per heavy atom. The number of hydrogen-bond donors (Lipinski definition) is 2. The van der Waals surface area contributed by atoms with Gasteiger partial charge in [0.2, 0.25) is 0 Å². The zero-order chi connectivity index (χ0) is 12.8. The molecule has 0 aliphatic carbocycles. The van der Waals surface area contributed by atoms with Gasteiger partial charge in [-0.25, -0.2) is 9.59 Å². The number of hydrogen-bond acceptors (Lipinski definition) is 4. The van der Waals surface area contributed by atoms with Gasteiger partial charge in [0.15, 0.2) is 0 Å². The monoisotopic (exact) mass is 262 g/mol. The molecule has 2 N–H and O–H groups in total. The lowest BCUT2D eigenvalue weighted by Gasteiger charge is -2.25. The highest BCUT2D eigenvalue weighted by atomic mass is 32.2. The molecule has 0 aromatic rings. The highest BCUT2D eigenvalue weighted by molar-refractivity contribution is 8.00. The fourth-order valence-corrected chi connectivity index (χ4v) is 2.77. The van der Waals surface area contributed by atoms with Crippen LogP contribution in [0.1, 0.15) is 13.8 Å². The number of nitrogens with zero attached hydrogens (tertiary/aromatic N) is 1. The number of carbonyl (C=O) groups is 2. The van der Waals surface area contributed by atoms with Crippen molar-refractivity contribution in [3.63, 3.8) is 0 Å². The minimum absolute atomic E-state index is 0.108. The van der Waals surface area contributed by atoms with E-state index in [0.717, 1.165) is 0 Å². The van der Waals surface area contributed by atoms with Crippen molar-refractivity contribution in [3.05, 3.63) is 0 Å².